The molecule has 0 aliphatic carbocycles. The maximum absolute atomic E-state index is 13.0. The second-order valence-electron chi connectivity index (χ2n) is 5.72. The second-order valence-corrected chi connectivity index (χ2v) is 6.12. The zero-order valence-corrected chi connectivity index (χ0v) is 15.1. The number of aryl methyl sites for hydroxylation is 1. The first-order valence-electron chi connectivity index (χ1n) is 7.70. The Bertz CT molecular complexity index is 904. The first-order valence-corrected chi connectivity index (χ1v) is 8.08. The quantitative estimate of drug-likeness (QED) is 0.514. The molecule has 0 spiro atoms. The minimum atomic E-state index is -4.72. The number of alkyl halides is 7. The third-order valence-electron chi connectivity index (χ3n) is 3.46. The molecule has 2 aromatic rings. The van der Waals surface area contributed by atoms with Crippen molar-refractivity contribution in [1.29, 1.82) is 0 Å². The molecule has 0 fully saturated rings. The number of amides is 2. The lowest BCUT2D eigenvalue weighted by Gasteiger charge is -2.18. The molecule has 0 unspecified atom stereocenters. The molecule has 2 N–H and O–H groups in total. The molecule has 0 heterocycles. The Morgan fingerprint density at radius 1 is 1.00 bits per heavy atom. The molecular weight excluding hydrogens is 433 g/mol. The van der Waals surface area contributed by atoms with E-state index in [0.717, 1.165) is 30.3 Å². The van der Waals surface area contributed by atoms with Crippen LogP contribution in [0.3, 0.4) is 0 Å². The van der Waals surface area contributed by atoms with Crippen LogP contribution < -0.4 is 15.4 Å². The summed E-state index contributed by atoms with van der Waals surface area (Å²) in [6, 6.07) is 4.98. The van der Waals surface area contributed by atoms with E-state index in [1.807, 2.05) is 0 Å². The average Bonchev–Trinajstić information content (AvgIpc) is 2.57. The van der Waals surface area contributed by atoms with Crippen LogP contribution >= 0.6 is 11.6 Å². The minimum absolute atomic E-state index is 0.00831. The van der Waals surface area contributed by atoms with Gasteiger partial charge in [0.2, 0.25) is 0 Å². The smallest absolute Gasteiger partial charge is 0.428 e. The topological polar surface area (TPSA) is 50.4 Å². The number of carbonyl (C=O) groups excluding carboxylic acids is 1. The largest absolute Gasteiger partial charge is 0.461 e. The number of hydrogen-bond donors (Lipinski definition) is 2. The van der Waals surface area contributed by atoms with Crippen molar-refractivity contribution in [3.63, 3.8) is 0 Å². The predicted molar refractivity (Wildman–Crippen MR) is 91.9 cm³/mol. The first kappa shape index (κ1) is 22.6. The fraction of sp³-hybridized carbons (Fsp3) is 0.235. The number of ether oxygens (including phenoxy) is 1. The summed E-state index contributed by atoms with van der Waals surface area (Å²) in [7, 11) is 0. The van der Waals surface area contributed by atoms with E-state index < -0.39 is 41.1 Å². The second kappa shape index (κ2) is 8.36. The fourth-order valence-electron chi connectivity index (χ4n) is 2.15. The molecule has 0 aromatic heterocycles. The van der Waals surface area contributed by atoms with Gasteiger partial charge in [0.1, 0.15) is 5.75 Å². The zero-order chi connectivity index (χ0) is 22.0. The lowest BCUT2D eigenvalue weighted by atomic mass is 10.2. The number of halogens is 8. The van der Waals surface area contributed by atoms with Crippen molar-refractivity contribution in [3.05, 3.63) is 52.5 Å². The van der Waals surface area contributed by atoms with Gasteiger partial charge in [0.05, 0.1) is 10.6 Å². The molecule has 0 bridgehead atoms. The highest BCUT2D eigenvalue weighted by molar-refractivity contribution is 6.31. The van der Waals surface area contributed by atoms with E-state index in [9.17, 15) is 35.5 Å². The maximum Gasteiger partial charge on any atom is 0.461 e. The van der Waals surface area contributed by atoms with Gasteiger partial charge in [0.15, 0.2) is 0 Å². The van der Waals surface area contributed by atoms with Crippen LogP contribution in [-0.2, 0) is 6.18 Å². The summed E-state index contributed by atoms with van der Waals surface area (Å²) in [5, 5.41) is 3.87. The molecule has 2 rings (SSSR count). The first-order chi connectivity index (χ1) is 13.3. The van der Waals surface area contributed by atoms with Gasteiger partial charge in [0.25, 0.3) is 0 Å². The summed E-state index contributed by atoms with van der Waals surface area (Å²) in [4.78, 5) is 12.0. The normalized spacial score (nSPS) is 12.1. The summed E-state index contributed by atoms with van der Waals surface area (Å²) < 4.78 is 92.8. The third-order valence-corrected chi connectivity index (χ3v) is 3.79. The molecule has 0 aliphatic rings. The van der Waals surface area contributed by atoms with Crippen molar-refractivity contribution in [2.24, 2.45) is 0 Å². The van der Waals surface area contributed by atoms with E-state index in [0.29, 0.717) is 6.07 Å². The number of urea groups is 1. The van der Waals surface area contributed by atoms with Crippen LogP contribution in [0.25, 0.3) is 0 Å². The predicted octanol–water partition coefficient (Wildman–Crippen LogP) is 6.55. The van der Waals surface area contributed by atoms with Gasteiger partial charge in [-0.15, -0.1) is 0 Å². The van der Waals surface area contributed by atoms with Crippen molar-refractivity contribution >= 4 is 29.0 Å². The van der Waals surface area contributed by atoms with Gasteiger partial charge in [0, 0.05) is 11.4 Å². The number of benzene rings is 2. The average molecular weight is 445 g/mol. The van der Waals surface area contributed by atoms with E-state index >= 15 is 0 Å². The van der Waals surface area contributed by atoms with Crippen molar-refractivity contribution < 1.29 is 40.3 Å². The highest BCUT2D eigenvalue weighted by atomic mass is 35.5. The van der Waals surface area contributed by atoms with Gasteiger partial charge in [-0.2, -0.15) is 30.7 Å². The molecule has 158 valence electrons. The monoisotopic (exact) mass is 444 g/mol. The van der Waals surface area contributed by atoms with Crippen LogP contribution in [0.5, 0.6) is 5.75 Å². The number of anilines is 2. The Hall–Kier alpha value is -2.69. The summed E-state index contributed by atoms with van der Waals surface area (Å²) in [6.07, 6.45) is -13.5. The van der Waals surface area contributed by atoms with Gasteiger partial charge >= 0.3 is 24.7 Å². The van der Waals surface area contributed by atoms with Gasteiger partial charge in [-0.05, 0) is 48.9 Å². The number of carbonyl (C=O) groups is 1. The highest BCUT2D eigenvalue weighted by Crippen LogP contribution is 2.36. The standard InChI is InChI=1S/C17H12ClF7N2O2/c1-8-6-9(3-5-13(8)29-17(24,25)14(19)20)26-15(28)27-10-2-4-12(18)11(7-10)16(21,22)23/h2-7,14H,1H3,(H2,26,27,28). The molecule has 0 saturated carbocycles. The molecule has 0 radical (unpaired) electrons. The van der Waals surface area contributed by atoms with Crippen LogP contribution in [0.1, 0.15) is 11.1 Å². The van der Waals surface area contributed by atoms with Crippen molar-refractivity contribution in [2.75, 3.05) is 10.6 Å². The Balaban J connectivity index is 2.09. The Labute approximate surface area is 164 Å². The minimum Gasteiger partial charge on any atom is -0.428 e. The molecule has 2 aromatic carbocycles. The van der Waals surface area contributed by atoms with Crippen LogP contribution in [0.2, 0.25) is 5.02 Å². The molecule has 12 heteroatoms. The van der Waals surface area contributed by atoms with E-state index in [1.54, 1.807) is 0 Å². The van der Waals surface area contributed by atoms with Crippen molar-refractivity contribution in [1.82, 2.24) is 0 Å². The van der Waals surface area contributed by atoms with Crippen LogP contribution in [0.15, 0.2) is 36.4 Å². The number of nitrogens with one attached hydrogen (secondary N) is 2. The van der Waals surface area contributed by atoms with Gasteiger partial charge in [-0.3, -0.25) is 0 Å². The highest BCUT2D eigenvalue weighted by Gasteiger charge is 2.44. The fourth-order valence-corrected chi connectivity index (χ4v) is 2.37. The molecule has 4 nitrogen and oxygen atoms in total. The van der Waals surface area contributed by atoms with Crippen molar-refractivity contribution in [2.45, 2.75) is 25.6 Å². The third kappa shape index (κ3) is 5.89. The molecular formula is C17H12ClF7N2O2. The lowest BCUT2D eigenvalue weighted by Crippen LogP contribution is -2.33. The summed E-state index contributed by atoms with van der Waals surface area (Å²) in [5.74, 6) is -0.534. The van der Waals surface area contributed by atoms with Crippen LogP contribution in [-0.4, -0.2) is 18.6 Å². The van der Waals surface area contributed by atoms with E-state index in [1.165, 1.54) is 6.92 Å². The van der Waals surface area contributed by atoms with Gasteiger partial charge in [-0.1, -0.05) is 11.6 Å². The summed E-state index contributed by atoms with van der Waals surface area (Å²) in [6.45, 7) is 1.27. The van der Waals surface area contributed by atoms with E-state index in [4.69, 9.17) is 11.6 Å². The van der Waals surface area contributed by atoms with E-state index in [-0.39, 0.29) is 16.9 Å². The number of rotatable bonds is 5. The molecule has 0 aliphatic heterocycles. The van der Waals surface area contributed by atoms with Crippen LogP contribution in [0, 0.1) is 6.92 Å². The van der Waals surface area contributed by atoms with E-state index in [2.05, 4.69) is 15.4 Å². The molecule has 0 atom stereocenters. The zero-order valence-electron chi connectivity index (χ0n) is 14.4. The summed E-state index contributed by atoms with van der Waals surface area (Å²) >= 11 is 5.48. The molecule has 2 amide bonds. The molecule has 29 heavy (non-hydrogen) atoms. The molecule has 0 saturated heterocycles. The lowest BCUT2D eigenvalue weighted by molar-refractivity contribution is -0.253. The SMILES string of the molecule is Cc1cc(NC(=O)Nc2ccc(Cl)c(C(F)(F)F)c2)ccc1OC(F)(F)C(F)F. The Kier molecular flexibility index (Phi) is 6.51. The van der Waals surface area contributed by atoms with Crippen LogP contribution in [0.4, 0.5) is 46.9 Å². The number of hydrogen-bond acceptors (Lipinski definition) is 2. The van der Waals surface area contributed by atoms with Crippen molar-refractivity contribution in [3.8, 4) is 5.75 Å². The summed E-state index contributed by atoms with van der Waals surface area (Å²) in [5.41, 5.74) is -1.28. The van der Waals surface area contributed by atoms with Gasteiger partial charge in [-0.25, -0.2) is 4.79 Å². The Morgan fingerprint density at radius 3 is 2.07 bits per heavy atom. The Morgan fingerprint density at radius 2 is 1.55 bits per heavy atom. The maximum atomic E-state index is 13.0. The van der Waals surface area contributed by atoms with Gasteiger partial charge < -0.3 is 15.4 Å².